The fraction of sp³-hybridized carbons (Fsp3) is 0.333. The number of halogens is 3. The van der Waals surface area contributed by atoms with Gasteiger partial charge in [0, 0.05) is 23.7 Å². The molecule has 96 valence electrons. The van der Waals surface area contributed by atoms with E-state index in [1.165, 1.54) is 16.8 Å². The maximum Gasteiger partial charge on any atom is 0.131 e. The molecule has 0 saturated carbocycles. The third kappa shape index (κ3) is 3.26. The third-order valence-corrected chi connectivity index (χ3v) is 2.77. The molecule has 0 aliphatic heterocycles. The van der Waals surface area contributed by atoms with Gasteiger partial charge in [-0.2, -0.15) is 0 Å². The highest BCUT2D eigenvalue weighted by atomic mass is 35.5. The molecule has 0 unspecified atom stereocenters. The van der Waals surface area contributed by atoms with E-state index in [1.807, 2.05) is 0 Å². The summed E-state index contributed by atoms with van der Waals surface area (Å²) in [4.78, 5) is 0. The molecule has 0 aliphatic rings. The molecule has 0 atom stereocenters. The zero-order valence-electron chi connectivity index (χ0n) is 9.61. The predicted octanol–water partition coefficient (Wildman–Crippen LogP) is 2.78. The standard InChI is InChI=1S/C12H12ClF2N3/c13-5-1-2-11-8-18(17-16-11)7-9-3-4-10(14)6-12(9)15/h3-4,6,8H,1-2,5,7H2. The third-order valence-electron chi connectivity index (χ3n) is 2.50. The first kappa shape index (κ1) is 13.0. The highest BCUT2D eigenvalue weighted by molar-refractivity contribution is 6.17. The number of nitrogens with zero attached hydrogens (tertiary/aromatic N) is 3. The summed E-state index contributed by atoms with van der Waals surface area (Å²) in [5, 5.41) is 7.85. The van der Waals surface area contributed by atoms with Crippen molar-refractivity contribution in [1.82, 2.24) is 15.0 Å². The number of hydrogen-bond donors (Lipinski definition) is 0. The van der Waals surface area contributed by atoms with E-state index in [1.54, 1.807) is 6.20 Å². The van der Waals surface area contributed by atoms with Gasteiger partial charge < -0.3 is 0 Å². The first-order valence-corrected chi connectivity index (χ1v) is 6.11. The van der Waals surface area contributed by atoms with Gasteiger partial charge in [-0.25, -0.2) is 13.5 Å². The second-order valence-corrected chi connectivity index (χ2v) is 4.31. The number of aromatic nitrogens is 3. The molecule has 18 heavy (non-hydrogen) atoms. The highest BCUT2D eigenvalue weighted by Crippen LogP contribution is 2.11. The van der Waals surface area contributed by atoms with Gasteiger partial charge >= 0.3 is 0 Å². The fourth-order valence-electron chi connectivity index (χ4n) is 1.60. The average Bonchev–Trinajstić information content (AvgIpc) is 2.78. The highest BCUT2D eigenvalue weighted by Gasteiger charge is 2.06. The van der Waals surface area contributed by atoms with Crippen LogP contribution in [0.25, 0.3) is 0 Å². The molecule has 1 aromatic carbocycles. The van der Waals surface area contributed by atoms with Crippen molar-refractivity contribution in [3.8, 4) is 0 Å². The molecule has 1 heterocycles. The zero-order chi connectivity index (χ0) is 13.0. The second kappa shape index (κ2) is 5.91. The lowest BCUT2D eigenvalue weighted by molar-refractivity contribution is 0.554. The molecule has 0 amide bonds. The smallest absolute Gasteiger partial charge is 0.131 e. The van der Waals surface area contributed by atoms with Gasteiger partial charge in [0.15, 0.2) is 0 Å². The lowest BCUT2D eigenvalue weighted by Crippen LogP contribution is -2.03. The van der Waals surface area contributed by atoms with Gasteiger partial charge in [-0.15, -0.1) is 16.7 Å². The van der Waals surface area contributed by atoms with Crippen LogP contribution >= 0.6 is 11.6 Å². The Kier molecular flexibility index (Phi) is 4.25. The molecule has 0 radical (unpaired) electrons. The SMILES string of the molecule is Fc1ccc(Cn2cc(CCCCl)nn2)c(F)c1. The van der Waals surface area contributed by atoms with Crippen LogP contribution in [-0.2, 0) is 13.0 Å². The maximum absolute atomic E-state index is 13.4. The first-order valence-electron chi connectivity index (χ1n) is 5.58. The van der Waals surface area contributed by atoms with E-state index in [4.69, 9.17) is 11.6 Å². The Labute approximate surface area is 108 Å². The van der Waals surface area contributed by atoms with E-state index < -0.39 is 11.6 Å². The number of benzene rings is 1. The van der Waals surface area contributed by atoms with Crippen LogP contribution in [0.1, 0.15) is 17.7 Å². The molecule has 6 heteroatoms. The first-order chi connectivity index (χ1) is 8.69. The van der Waals surface area contributed by atoms with Gasteiger partial charge in [-0.1, -0.05) is 11.3 Å². The predicted molar refractivity (Wildman–Crippen MR) is 64.5 cm³/mol. The van der Waals surface area contributed by atoms with Gasteiger partial charge in [0.25, 0.3) is 0 Å². The molecule has 2 aromatic rings. The van der Waals surface area contributed by atoms with Crippen LogP contribution in [0.3, 0.4) is 0 Å². The summed E-state index contributed by atoms with van der Waals surface area (Å²) in [5.74, 6) is -0.593. The minimum absolute atomic E-state index is 0.236. The molecule has 2 rings (SSSR count). The van der Waals surface area contributed by atoms with Crippen LogP contribution in [-0.4, -0.2) is 20.9 Å². The summed E-state index contributed by atoms with van der Waals surface area (Å²) in [7, 11) is 0. The molecular formula is C12H12ClF2N3. The van der Waals surface area contributed by atoms with Crippen LogP contribution in [0.15, 0.2) is 24.4 Å². The van der Waals surface area contributed by atoms with Gasteiger partial charge in [0.1, 0.15) is 11.6 Å². The average molecular weight is 272 g/mol. The molecule has 0 bridgehead atoms. The van der Waals surface area contributed by atoms with E-state index in [2.05, 4.69) is 10.3 Å². The molecule has 1 aromatic heterocycles. The molecular weight excluding hydrogens is 260 g/mol. The normalized spacial score (nSPS) is 10.8. The van der Waals surface area contributed by atoms with E-state index >= 15 is 0 Å². The van der Waals surface area contributed by atoms with Gasteiger partial charge in [-0.05, 0) is 18.9 Å². The Morgan fingerprint density at radius 2 is 2.11 bits per heavy atom. The van der Waals surface area contributed by atoms with Crippen molar-refractivity contribution in [1.29, 1.82) is 0 Å². The molecule has 3 nitrogen and oxygen atoms in total. The Hall–Kier alpha value is -1.49. The van der Waals surface area contributed by atoms with Gasteiger partial charge in [0.2, 0.25) is 0 Å². The quantitative estimate of drug-likeness (QED) is 0.783. The van der Waals surface area contributed by atoms with Crippen molar-refractivity contribution in [3.05, 3.63) is 47.3 Å². The molecule has 0 spiro atoms. The molecule has 0 N–H and O–H groups in total. The number of hydrogen-bond acceptors (Lipinski definition) is 2. The van der Waals surface area contributed by atoms with E-state index in [-0.39, 0.29) is 6.54 Å². The minimum atomic E-state index is -0.586. The number of aryl methyl sites for hydroxylation is 1. The van der Waals surface area contributed by atoms with Crippen molar-refractivity contribution >= 4 is 11.6 Å². The molecule has 0 saturated heterocycles. The van der Waals surface area contributed by atoms with Crippen LogP contribution in [0.2, 0.25) is 0 Å². The van der Waals surface area contributed by atoms with E-state index in [9.17, 15) is 8.78 Å². The molecule has 0 fully saturated rings. The topological polar surface area (TPSA) is 30.7 Å². The fourth-order valence-corrected chi connectivity index (χ4v) is 1.74. The number of rotatable bonds is 5. The van der Waals surface area contributed by atoms with Crippen LogP contribution < -0.4 is 0 Å². The Balaban J connectivity index is 2.06. The summed E-state index contributed by atoms with van der Waals surface area (Å²) >= 11 is 5.58. The van der Waals surface area contributed by atoms with Crippen LogP contribution in [0.4, 0.5) is 8.78 Å². The summed E-state index contributed by atoms with van der Waals surface area (Å²) in [5.41, 5.74) is 1.20. The van der Waals surface area contributed by atoms with Crippen molar-refractivity contribution in [2.45, 2.75) is 19.4 Å². The minimum Gasteiger partial charge on any atom is -0.248 e. The Morgan fingerprint density at radius 3 is 2.83 bits per heavy atom. The van der Waals surface area contributed by atoms with Crippen LogP contribution in [0.5, 0.6) is 0 Å². The van der Waals surface area contributed by atoms with Crippen molar-refractivity contribution in [2.75, 3.05) is 5.88 Å². The van der Waals surface area contributed by atoms with Gasteiger partial charge in [0.05, 0.1) is 12.2 Å². The molecule has 0 aliphatic carbocycles. The van der Waals surface area contributed by atoms with Crippen molar-refractivity contribution in [3.63, 3.8) is 0 Å². The summed E-state index contributed by atoms with van der Waals surface area (Å²) in [6.45, 7) is 0.236. The largest absolute Gasteiger partial charge is 0.248 e. The monoisotopic (exact) mass is 271 g/mol. The lowest BCUT2D eigenvalue weighted by atomic mass is 10.2. The summed E-state index contributed by atoms with van der Waals surface area (Å²) in [6.07, 6.45) is 3.32. The zero-order valence-corrected chi connectivity index (χ0v) is 10.4. The van der Waals surface area contributed by atoms with E-state index in [0.29, 0.717) is 11.4 Å². The van der Waals surface area contributed by atoms with Crippen LogP contribution in [0, 0.1) is 11.6 Å². The lowest BCUT2D eigenvalue weighted by Gasteiger charge is -2.02. The summed E-state index contributed by atoms with van der Waals surface area (Å²) < 4.78 is 27.7. The van der Waals surface area contributed by atoms with Crippen molar-refractivity contribution < 1.29 is 8.78 Å². The second-order valence-electron chi connectivity index (χ2n) is 3.94. The van der Waals surface area contributed by atoms with E-state index in [0.717, 1.165) is 24.6 Å². The van der Waals surface area contributed by atoms with Crippen molar-refractivity contribution in [2.24, 2.45) is 0 Å². The Morgan fingerprint density at radius 1 is 1.28 bits per heavy atom. The Bertz CT molecular complexity index is 528. The maximum atomic E-state index is 13.4. The van der Waals surface area contributed by atoms with Gasteiger partial charge in [-0.3, -0.25) is 0 Å². The number of alkyl halides is 1. The summed E-state index contributed by atoms with van der Waals surface area (Å²) in [6, 6.07) is 3.50.